The molecule has 0 unspecified atom stereocenters. The minimum atomic E-state index is -1.68. The summed E-state index contributed by atoms with van der Waals surface area (Å²) >= 11 is 0. The number of fused-ring (bicyclic) bond motifs is 2. The molecule has 2 aromatic carbocycles. The SMILES string of the molecule is O=C(C=CC1=C[C@H]2C(=O)C(=O)[C@@H]1[C@H](C(=O)O)[C@H]2c1ccc(O)c(O)c1)O[C@H](Cc1ccc(O)c(O)c1)C(=O)O. The third kappa shape index (κ3) is 5.17. The Hall–Kier alpha value is -5.13. The number of carbonyl (C=O) groups excluding carboxylic acids is 3. The van der Waals surface area contributed by atoms with Gasteiger partial charge >= 0.3 is 17.9 Å². The van der Waals surface area contributed by atoms with E-state index in [1.807, 2.05) is 0 Å². The molecular formula is C27H22O12. The first-order valence-corrected chi connectivity index (χ1v) is 11.6. The van der Waals surface area contributed by atoms with E-state index in [2.05, 4.69) is 0 Å². The molecular weight excluding hydrogens is 516 g/mol. The van der Waals surface area contributed by atoms with Crippen molar-refractivity contribution in [3.8, 4) is 23.0 Å². The number of esters is 1. The van der Waals surface area contributed by atoms with Gasteiger partial charge < -0.3 is 35.4 Å². The van der Waals surface area contributed by atoms with Gasteiger partial charge in [0.25, 0.3) is 0 Å². The molecule has 0 aliphatic heterocycles. The minimum absolute atomic E-state index is 0.0588. The van der Waals surface area contributed by atoms with Gasteiger partial charge in [0.05, 0.1) is 17.8 Å². The van der Waals surface area contributed by atoms with Gasteiger partial charge in [-0.15, -0.1) is 0 Å². The molecule has 3 aliphatic rings. The second kappa shape index (κ2) is 10.3. The predicted molar refractivity (Wildman–Crippen MR) is 129 cm³/mol. The van der Waals surface area contributed by atoms with Crippen molar-refractivity contribution in [2.75, 3.05) is 0 Å². The van der Waals surface area contributed by atoms with Gasteiger partial charge in [0.1, 0.15) is 0 Å². The van der Waals surface area contributed by atoms with Gasteiger partial charge in [-0.1, -0.05) is 24.3 Å². The molecule has 0 amide bonds. The lowest BCUT2D eigenvalue weighted by molar-refractivity contribution is -0.160. The lowest BCUT2D eigenvalue weighted by Crippen LogP contribution is -2.52. The fourth-order valence-electron chi connectivity index (χ4n) is 4.97. The van der Waals surface area contributed by atoms with Gasteiger partial charge in [-0.05, 0) is 41.0 Å². The van der Waals surface area contributed by atoms with Crippen LogP contribution in [0.1, 0.15) is 17.0 Å². The standard InChI is InChI=1S/C27H22O12/c28-15-4-1-11(7-17(15)30)8-19(26(35)36)39-20(32)6-3-12-9-14-21(13-2-5-16(29)18(31)10-13)23(27(37)38)22(12)25(34)24(14)33/h1-7,9-10,14,19,21-23,28-31H,8H2,(H,35,36)(H,37,38)/t14-,19-,21+,22+,23-/m1/s1. The van der Waals surface area contributed by atoms with Gasteiger partial charge in [0.2, 0.25) is 17.7 Å². The largest absolute Gasteiger partial charge is 0.504 e. The van der Waals surface area contributed by atoms with Crippen molar-refractivity contribution >= 4 is 29.5 Å². The third-order valence-electron chi connectivity index (χ3n) is 6.77. The van der Waals surface area contributed by atoms with Crippen LogP contribution in [0, 0.1) is 17.8 Å². The molecule has 202 valence electrons. The van der Waals surface area contributed by atoms with Gasteiger partial charge in [0.15, 0.2) is 23.0 Å². The highest BCUT2D eigenvalue weighted by molar-refractivity contribution is 6.42. The fourth-order valence-corrected chi connectivity index (χ4v) is 4.97. The number of Topliss-reactive ketones (excluding diaryl/α,β-unsaturated/α-hetero) is 2. The van der Waals surface area contributed by atoms with E-state index in [-0.39, 0.29) is 23.1 Å². The summed E-state index contributed by atoms with van der Waals surface area (Å²) in [6, 6.07) is 7.18. The van der Waals surface area contributed by atoms with E-state index in [9.17, 15) is 54.6 Å². The molecule has 39 heavy (non-hydrogen) atoms. The summed E-state index contributed by atoms with van der Waals surface area (Å²) in [6.07, 6.45) is 1.24. The quantitative estimate of drug-likeness (QED) is 0.122. The average Bonchev–Trinajstić information content (AvgIpc) is 2.88. The van der Waals surface area contributed by atoms with Crippen LogP contribution in [-0.4, -0.2) is 66.2 Å². The molecule has 0 heterocycles. The van der Waals surface area contributed by atoms with Crippen LogP contribution in [0.3, 0.4) is 0 Å². The summed E-state index contributed by atoms with van der Waals surface area (Å²) in [6.45, 7) is 0. The molecule has 6 N–H and O–H groups in total. The van der Waals surface area contributed by atoms with Crippen LogP contribution in [0.15, 0.2) is 60.2 Å². The minimum Gasteiger partial charge on any atom is -0.504 e. The number of aromatic hydroxyl groups is 4. The Morgan fingerprint density at radius 3 is 2.10 bits per heavy atom. The molecule has 0 saturated heterocycles. The second-order valence-electron chi connectivity index (χ2n) is 9.16. The number of aliphatic carboxylic acids is 2. The second-order valence-corrected chi connectivity index (χ2v) is 9.16. The van der Waals surface area contributed by atoms with Gasteiger partial charge in [-0.25, -0.2) is 9.59 Å². The molecule has 1 saturated carbocycles. The average molecular weight is 538 g/mol. The van der Waals surface area contributed by atoms with Crippen LogP contribution in [-0.2, 0) is 35.1 Å². The zero-order valence-electron chi connectivity index (χ0n) is 19.9. The van der Waals surface area contributed by atoms with Crippen molar-refractivity contribution in [3.05, 3.63) is 71.3 Å². The van der Waals surface area contributed by atoms with Crippen molar-refractivity contribution < 1.29 is 59.3 Å². The highest BCUT2D eigenvalue weighted by atomic mass is 16.6. The van der Waals surface area contributed by atoms with Crippen LogP contribution in [0.4, 0.5) is 0 Å². The zero-order valence-corrected chi connectivity index (χ0v) is 19.9. The van der Waals surface area contributed by atoms with Crippen molar-refractivity contribution in [1.29, 1.82) is 0 Å². The number of rotatable bonds is 8. The molecule has 3 aliphatic carbocycles. The monoisotopic (exact) mass is 538 g/mol. The molecule has 12 nitrogen and oxygen atoms in total. The van der Waals surface area contributed by atoms with Crippen molar-refractivity contribution in [3.63, 3.8) is 0 Å². The summed E-state index contributed by atoms with van der Waals surface area (Å²) in [5.74, 6) is -12.8. The lowest BCUT2D eigenvalue weighted by atomic mass is 9.56. The number of ether oxygens (including phenoxy) is 1. The number of hydrogen-bond acceptors (Lipinski definition) is 10. The number of carboxylic acids is 2. The summed E-state index contributed by atoms with van der Waals surface area (Å²) in [5, 5.41) is 57.9. The Morgan fingerprint density at radius 1 is 0.872 bits per heavy atom. The smallest absolute Gasteiger partial charge is 0.345 e. The number of hydrogen-bond donors (Lipinski definition) is 6. The Balaban J connectivity index is 1.58. The Bertz CT molecular complexity index is 1450. The first-order chi connectivity index (χ1) is 18.4. The van der Waals surface area contributed by atoms with Crippen LogP contribution < -0.4 is 0 Å². The first-order valence-electron chi connectivity index (χ1n) is 11.6. The van der Waals surface area contributed by atoms with Crippen molar-refractivity contribution in [2.45, 2.75) is 18.4 Å². The Labute approximate surface area is 219 Å². The van der Waals surface area contributed by atoms with E-state index in [0.29, 0.717) is 0 Å². The number of allylic oxidation sites excluding steroid dienone is 3. The lowest BCUT2D eigenvalue weighted by Gasteiger charge is -2.43. The molecule has 0 aromatic heterocycles. The molecule has 12 heteroatoms. The molecule has 0 radical (unpaired) electrons. The summed E-state index contributed by atoms with van der Waals surface area (Å²) in [4.78, 5) is 61.7. The van der Waals surface area contributed by atoms with Gasteiger partial charge in [0, 0.05) is 18.4 Å². The summed E-state index contributed by atoms with van der Waals surface area (Å²) < 4.78 is 4.98. The van der Waals surface area contributed by atoms with E-state index in [4.69, 9.17) is 4.74 Å². The van der Waals surface area contributed by atoms with Crippen LogP contribution >= 0.6 is 0 Å². The number of carbonyl (C=O) groups is 5. The van der Waals surface area contributed by atoms with Crippen LogP contribution in [0.5, 0.6) is 23.0 Å². The molecule has 0 spiro atoms. The highest BCUT2D eigenvalue weighted by Gasteiger charge is 2.56. The summed E-state index contributed by atoms with van der Waals surface area (Å²) in [7, 11) is 0. The fraction of sp³-hybridized carbons (Fsp3) is 0.222. The maximum Gasteiger partial charge on any atom is 0.345 e. The van der Waals surface area contributed by atoms with Gasteiger partial charge in [-0.2, -0.15) is 0 Å². The molecule has 5 atom stereocenters. The maximum absolute atomic E-state index is 12.8. The van der Waals surface area contributed by atoms with Gasteiger partial charge in [-0.3, -0.25) is 14.4 Å². The van der Waals surface area contributed by atoms with Crippen LogP contribution in [0.25, 0.3) is 0 Å². The zero-order chi connectivity index (χ0) is 28.6. The topological polar surface area (TPSA) is 216 Å². The number of benzene rings is 2. The predicted octanol–water partition coefficient (Wildman–Crippen LogP) is 1.41. The highest BCUT2D eigenvalue weighted by Crippen LogP contribution is 2.51. The first kappa shape index (κ1) is 26.9. The number of phenols is 4. The number of carboxylic acid groups (broad SMARTS) is 2. The molecule has 1 fully saturated rings. The molecule has 2 aromatic rings. The molecule has 2 bridgehead atoms. The van der Waals surface area contributed by atoms with E-state index < -0.39 is 82.2 Å². The maximum atomic E-state index is 12.8. The van der Waals surface area contributed by atoms with E-state index in [1.165, 1.54) is 18.2 Å². The number of ketones is 2. The van der Waals surface area contributed by atoms with E-state index in [1.54, 1.807) is 0 Å². The van der Waals surface area contributed by atoms with E-state index in [0.717, 1.165) is 36.4 Å². The normalized spacial score (nSPS) is 22.9. The summed E-state index contributed by atoms with van der Waals surface area (Å²) in [5.41, 5.74) is 0.529. The molecule has 5 rings (SSSR count). The number of phenolic OH excluding ortho intramolecular Hbond substituents is 4. The van der Waals surface area contributed by atoms with Crippen molar-refractivity contribution in [2.24, 2.45) is 17.8 Å². The Kier molecular flexibility index (Phi) is 7.13. The van der Waals surface area contributed by atoms with E-state index >= 15 is 0 Å². The van der Waals surface area contributed by atoms with Crippen molar-refractivity contribution in [1.82, 2.24) is 0 Å². The third-order valence-corrected chi connectivity index (χ3v) is 6.77. The van der Waals surface area contributed by atoms with Crippen LogP contribution in [0.2, 0.25) is 0 Å². The Morgan fingerprint density at radius 2 is 1.51 bits per heavy atom.